The van der Waals surface area contributed by atoms with Crippen LogP contribution in [0.3, 0.4) is 0 Å². The highest BCUT2D eigenvalue weighted by Gasteiger charge is 2.20. The first-order valence-corrected chi connectivity index (χ1v) is 7.80. The van der Waals surface area contributed by atoms with Gasteiger partial charge in [-0.15, -0.1) is 11.3 Å². The lowest BCUT2D eigenvalue weighted by atomic mass is 10.2. The van der Waals surface area contributed by atoms with Crippen LogP contribution in [0.4, 0.5) is 0 Å². The summed E-state index contributed by atoms with van der Waals surface area (Å²) in [5.41, 5.74) is 0.816. The van der Waals surface area contributed by atoms with Crippen molar-refractivity contribution in [2.75, 3.05) is 0 Å². The van der Waals surface area contributed by atoms with E-state index < -0.39 is 5.97 Å². The first-order valence-electron chi connectivity index (χ1n) is 6.13. The van der Waals surface area contributed by atoms with E-state index in [9.17, 15) is 9.90 Å². The van der Waals surface area contributed by atoms with Crippen molar-refractivity contribution in [3.05, 3.63) is 27.7 Å². The standard InChI is InChI=1S/C13H15BrN2O2S/c1-3-9(4-2)16-6-10(13(17)18)12(15-16)11-5-8(14)7-19-11/h5-7,9H,3-4H2,1-2H3,(H,17,18). The quantitative estimate of drug-likeness (QED) is 0.874. The summed E-state index contributed by atoms with van der Waals surface area (Å²) < 4.78 is 2.73. The summed E-state index contributed by atoms with van der Waals surface area (Å²) in [6.07, 6.45) is 3.51. The number of nitrogens with zero attached hydrogens (tertiary/aromatic N) is 2. The molecule has 0 radical (unpaired) electrons. The van der Waals surface area contributed by atoms with Crippen LogP contribution in [0.25, 0.3) is 10.6 Å². The topological polar surface area (TPSA) is 55.1 Å². The van der Waals surface area contributed by atoms with Crippen LogP contribution < -0.4 is 0 Å². The van der Waals surface area contributed by atoms with Crippen LogP contribution in [-0.4, -0.2) is 20.9 Å². The maximum Gasteiger partial charge on any atom is 0.339 e. The molecule has 0 fully saturated rings. The van der Waals surface area contributed by atoms with Crippen molar-refractivity contribution in [2.45, 2.75) is 32.7 Å². The maximum absolute atomic E-state index is 11.4. The smallest absolute Gasteiger partial charge is 0.339 e. The normalized spacial score (nSPS) is 11.2. The van der Waals surface area contributed by atoms with Crippen LogP contribution >= 0.6 is 27.3 Å². The molecule has 0 aliphatic heterocycles. The third kappa shape index (κ3) is 2.90. The molecule has 0 bridgehead atoms. The molecule has 0 aromatic carbocycles. The van der Waals surface area contributed by atoms with Crippen LogP contribution in [0.2, 0.25) is 0 Å². The number of hydrogen-bond donors (Lipinski definition) is 1. The number of thiophene rings is 1. The van der Waals surface area contributed by atoms with E-state index in [1.807, 2.05) is 11.4 Å². The molecule has 6 heteroatoms. The Morgan fingerprint density at radius 2 is 2.21 bits per heavy atom. The fraction of sp³-hybridized carbons (Fsp3) is 0.385. The zero-order valence-electron chi connectivity index (χ0n) is 10.8. The highest BCUT2D eigenvalue weighted by atomic mass is 79.9. The minimum absolute atomic E-state index is 0.246. The van der Waals surface area contributed by atoms with Crippen molar-refractivity contribution < 1.29 is 9.90 Å². The van der Waals surface area contributed by atoms with Crippen molar-refractivity contribution in [3.63, 3.8) is 0 Å². The number of carboxylic acids is 1. The molecule has 0 aliphatic rings. The number of carbonyl (C=O) groups is 1. The zero-order valence-corrected chi connectivity index (χ0v) is 13.2. The Bertz CT molecular complexity index is 587. The Labute approximate surface area is 124 Å². The van der Waals surface area contributed by atoms with E-state index in [1.54, 1.807) is 10.9 Å². The van der Waals surface area contributed by atoms with Crippen LogP contribution in [0.1, 0.15) is 43.1 Å². The molecule has 102 valence electrons. The number of aromatic carboxylic acids is 1. The molecule has 2 rings (SSSR count). The van der Waals surface area contributed by atoms with Crippen molar-refractivity contribution in [3.8, 4) is 10.6 Å². The van der Waals surface area contributed by atoms with Gasteiger partial charge in [-0.25, -0.2) is 4.79 Å². The number of rotatable bonds is 5. The van der Waals surface area contributed by atoms with Gasteiger partial charge in [0.2, 0.25) is 0 Å². The minimum Gasteiger partial charge on any atom is -0.478 e. The summed E-state index contributed by atoms with van der Waals surface area (Å²) >= 11 is 4.87. The van der Waals surface area contributed by atoms with E-state index in [0.717, 1.165) is 22.2 Å². The number of carboxylic acid groups (broad SMARTS) is 1. The highest BCUT2D eigenvalue weighted by molar-refractivity contribution is 9.10. The number of halogens is 1. The molecule has 4 nitrogen and oxygen atoms in total. The molecule has 2 heterocycles. The van der Waals surface area contributed by atoms with E-state index in [2.05, 4.69) is 34.9 Å². The molecule has 0 unspecified atom stereocenters. The number of hydrogen-bond acceptors (Lipinski definition) is 3. The van der Waals surface area contributed by atoms with Gasteiger partial charge in [-0.1, -0.05) is 13.8 Å². The SMILES string of the molecule is CCC(CC)n1cc(C(=O)O)c(-c2cc(Br)cs2)n1. The first kappa shape index (κ1) is 14.3. The number of aromatic nitrogens is 2. The second-order valence-electron chi connectivity index (χ2n) is 4.28. The Hall–Kier alpha value is -1.14. The molecule has 1 N–H and O–H groups in total. The molecular formula is C13H15BrN2O2S. The van der Waals surface area contributed by atoms with Crippen molar-refractivity contribution in [1.29, 1.82) is 0 Å². The summed E-state index contributed by atoms with van der Waals surface area (Å²) in [6, 6.07) is 2.15. The lowest BCUT2D eigenvalue weighted by molar-refractivity contribution is 0.0697. The third-order valence-corrected chi connectivity index (χ3v) is 4.78. The van der Waals surface area contributed by atoms with E-state index in [0.29, 0.717) is 5.69 Å². The Morgan fingerprint density at radius 1 is 1.53 bits per heavy atom. The monoisotopic (exact) mass is 342 g/mol. The van der Waals surface area contributed by atoms with Crippen LogP contribution in [0.5, 0.6) is 0 Å². The molecule has 19 heavy (non-hydrogen) atoms. The van der Waals surface area contributed by atoms with Crippen LogP contribution in [0, 0.1) is 0 Å². The minimum atomic E-state index is -0.934. The summed E-state index contributed by atoms with van der Waals surface area (Å²) in [7, 11) is 0. The van der Waals surface area contributed by atoms with Gasteiger partial charge in [0.1, 0.15) is 11.3 Å². The summed E-state index contributed by atoms with van der Waals surface area (Å²) in [6.45, 7) is 4.16. The molecule has 0 amide bonds. The van der Waals surface area contributed by atoms with Gasteiger partial charge >= 0.3 is 5.97 Å². The third-order valence-electron chi connectivity index (χ3n) is 3.08. The Balaban J connectivity index is 2.50. The summed E-state index contributed by atoms with van der Waals surface area (Å²) in [4.78, 5) is 12.2. The van der Waals surface area contributed by atoms with E-state index >= 15 is 0 Å². The molecule has 2 aromatic heterocycles. The molecule has 0 saturated carbocycles. The molecule has 0 aliphatic carbocycles. The predicted molar refractivity (Wildman–Crippen MR) is 79.8 cm³/mol. The van der Waals surface area contributed by atoms with Crippen LogP contribution in [-0.2, 0) is 0 Å². The molecule has 0 atom stereocenters. The van der Waals surface area contributed by atoms with Gasteiger partial charge in [0.05, 0.1) is 10.9 Å². The summed E-state index contributed by atoms with van der Waals surface area (Å²) in [5, 5.41) is 15.7. The lowest BCUT2D eigenvalue weighted by Gasteiger charge is -2.12. The molecule has 2 aromatic rings. The average Bonchev–Trinajstić information content (AvgIpc) is 2.97. The second kappa shape index (κ2) is 5.88. The second-order valence-corrected chi connectivity index (χ2v) is 6.10. The highest BCUT2D eigenvalue weighted by Crippen LogP contribution is 2.32. The van der Waals surface area contributed by atoms with Crippen molar-refractivity contribution in [1.82, 2.24) is 9.78 Å². The fourth-order valence-electron chi connectivity index (χ4n) is 2.02. The fourth-order valence-corrected chi connectivity index (χ4v) is 3.44. The van der Waals surface area contributed by atoms with Gasteiger partial charge < -0.3 is 5.11 Å². The largest absolute Gasteiger partial charge is 0.478 e. The van der Waals surface area contributed by atoms with Gasteiger partial charge in [0, 0.05) is 16.0 Å². The van der Waals surface area contributed by atoms with Gasteiger partial charge in [0.25, 0.3) is 0 Å². The maximum atomic E-state index is 11.4. The van der Waals surface area contributed by atoms with Gasteiger partial charge in [-0.3, -0.25) is 4.68 Å². The van der Waals surface area contributed by atoms with Crippen molar-refractivity contribution >= 4 is 33.2 Å². The van der Waals surface area contributed by atoms with Gasteiger partial charge in [0.15, 0.2) is 0 Å². The molecular weight excluding hydrogens is 328 g/mol. The molecule has 0 spiro atoms. The zero-order chi connectivity index (χ0) is 14.0. The first-order chi connectivity index (χ1) is 9.06. The lowest BCUT2D eigenvalue weighted by Crippen LogP contribution is -2.07. The average molecular weight is 343 g/mol. The van der Waals surface area contributed by atoms with E-state index in [1.165, 1.54) is 11.3 Å². The summed E-state index contributed by atoms with van der Waals surface area (Å²) in [5.74, 6) is -0.934. The molecule has 0 saturated heterocycles. The van der Waals surface area contributed by atoms with E-state index in [4.69, 9.17) is 0 Å². The Kier molecular flexibility index (Phi) is 4.42. The predicted octanol–water partition coefficient (Wildman–Crippen LogP) is 4.43. The van der Waals surface area contributed by atoms with E-state index in [-0.39, 0.29) is 11.6 Å². The van der Waals surface area contributed by atoms with Gasteiger partial charge in [-0.2, -0.15) is 5.10 Å². The van der Waals surface area contributed by atoms with Crippen molar-refractivity contribution in [2.24, 2.45) is 0 Å². The van der Waals surface area contributed by atoms with Gasteiger partial charge in [-0.05, 0) is 34.8 Å². The Morgan fingerprint density at radius 3 is 2.68 bits per heavy atom. The van der Waals surface area contributed by atoms with Crippen LogP contribution in [0.15, 0.2) is 22.1 Å².